The first kappa shape index (κ1) is 21.9. The van der Waals surface area contributed by atoms with E-state index >= 15 is 0 Å². The fourth-order valence-electron chi connectivity index (χ4n) is 6.90. The highest BCUT2D eigenvalue weighted by atomic mass is 79.9. The van der Waals surface area contributed by atoms with Crippen LogP contribution in [0.1, 0.15) is 13.8 Å². The van der Waals surface area contributed by atoms with Gasteiger partial charge in [0.05, 0.1) is 35.0 Å². The number of allylic oxidation sites excluding steroid dienone is 2. The third-order valence-electron chi connectivity index (χ3n) is 8.07. The van der Waals surface area contributed by atoms with Crippen molar-refractivity contribution in [2.24, 2.45) is 35.0 Å². The maximum atomic E-state index is 13.8. The summed E-state index contributed by atoms with van der Waals surface area (Å²) < 4.78 is 1.29. The van der Waals surface area contributed by atoms with Crippen LogP contribution in [0.5, 0.6) is 0 Å². The maximum absolute atomic E-state index is 13.8. The molecule has 1 saturated carbocycles. The number of amides is 4. The van der Waals surface area contributed by atoms with E-state index in [9.17, 15) is 19.2 Å². The zero-order valence-electron chi connectivity index (χ0n) is 18.4. The largest absolute Gasteiger partial charge is 0.274 e. The lowest BCUT2D eigenvalue weighted by Crippen LogP contribution is -2.57. The molecular formula is C26H20Br2N2O4. The lowest BCUT2D eigenvalue weighted by molar-refractivity contribution is -0.146. The number of halogens is 2. The Balaban J connectivity index is 1.50. The van der Waals surface area contributed by atoms with Gasteiger partial charge in [0.15, 0.2) is 0 Å². The monoisotopic (exact) mass is 582 g/mol. The van der Waals surface area contributed by atoms with Crippen molar-refractivity contribution in [2.45, 2.75) is 13.8 Å². The number of hydrogen-bond acceptors (Lipinski definition) is 4. The molecule has 2 saturated heterocycles. The number of carbonyl (C=O) groups is 4. The van der Waals surface area contributed by atoms with Crippen LogP contribution < -0.4 is 9.80 Å². The van der Waals surface area contributed by atoms with Crippen LogP contribution in [-0.4, -0.2) is 23.6 Å². The SMILES string of the molecule is CC1=CC2(C)[C@@H]3C(=O)N(c4ccccc4Br)C(=O)[C@@H]3C1[C@@H]1C(=O)N(c3ccccc3Br)C(=O)[C@H]12. The molecule has 0 N–H and O–H groups in total. The maximum Gasteiger partial charge on any atom is 0.238 e. The molecule has 7 rings (SSSR count). The van der Waals surface area contributed by atoms with Gasteiger partial charge in [-0.25, -0.2) is 9.80 Å². The summed E-state index contributed by atoms with van der Waals surface area (Å²) in [6, 6.07) is 14.2. The fraction of sp³-hybridized carbons (Fsp3) is 0.308. The van der Waals surface area contributed by atoms with Crippen molar-refractivity contribution in [3.63, 3.8) is 0 Å². The predicted octanol–water partition coefficient (Wildman–Crippen LogP) is 4.72. The van der Waals surface area contributed by atoms with Gasteiger partial charge in [0.25, 0.3) is 0 Å². The third-order valence-corrected chi connectivity index (χ3v) is 9.41. The van der Waals surface area contributed by atoms with Crippen LogP contribution in [0.2, 0.25) is 0 Å². The summed E-state index contributed by atoms with van der Waals surface area (Å²) in [5, 5.41) is 0. The van der Waals surface area contributed by atoms with E-state index in [4.69, 9.17) is 0 Å². The summed E-state index contributed by atoms with van der Waals surface area (Å²) >= 11 is 6.92. The van der Waals surface area contributed by atoms with Crippen LogP contribution in [0.25, 0.3) is 0 Å². The number of carbonyl (C=O) groups excluding carboxylic acids is 4. The van der Waals surface area contributed by atoms with Crippen LogP contribution >= 0.6 is 31.9 Å². The van der Waals surface area contributed by atoms with Gasteiger partial charge in [-0.1, -0.05) is 42.8 Å². The van der Waals surface area contributed by atoms with Crippen molar-refractivity contribution < 1.29 is 19.2 Å². The van der Waals surface area contributed by atoms with E-state index in [0.717, 1.165) is 5.57 Å². The molecule has 2 aromatic rings. The number of hydrogen-bond donors (Lipinski definition) is 0. The van der Waals surface area contributed by atoms with Crippen molar-refractivity contribution in [1.82, 2.24) is 0 Å². The van der Waals surface area contributed by atoms with Gasteiger partial charge in [-0.3, -0.25) is 19.2 Å². The third kappa shape index (κ3) is 2.56. The minimum absolute atomic E-state index is 0.302. The second-order valence-corrected chi connectivity index (χ2v) is 11.4. The van der Waals surface area contributed by atoms with Gasteiger partial charge < -0.3 is 0 Å². The number of para-hydroxylation sites is 2. The van der Waals surface area contributed by atoms with E-state index in [2.05, 4.69) is 31.9 Å². The van der Waals surface area contributed by atoms with E-state index in [1.165, 1.54) is 9.80 Å². The van der Waals surface area contributed by atoms with Crippen LogP contribution in [-0.2, 0) is 19.2 Å². The first-order chi connectivity index (χ1) is 16.2. The van der Waals surface area contributed by atoms with Crippen molar-refractivity contribution in [1.29, 1.82) is 0 Å². The molecule has 0 radical (unpaired) electrons. The Hall–Kier alpha value is -2.58. The van der Waals surface area contributed by atoms with E-state index in [1.807, 2.05) is 32.1 Å². The average Bonchev–Trinajstić information content (AvgIpc) is 3.21. The molecule has 3 fully saturated rings. The Morgan fingerprint density at radius 2 is 1.09 bits per heavy atom. The summed E-state index contributed by atoms with van der Waals surface area (Å²) in [6.45, 7) is 3.78. The number of rotatable bonds is 2. The summed E-state index contributed by atoms with van der Waals surface area (Å²) in [5.41, 5.74) is 0.935. The molecule has 172 valence electrons. The Bertz CT molecular complexity index is 1260. The molecule has 2 aliphatic heterocycles. The van der Waals surface area contributed by atoms with Crippen LogP contribution in [0.4, 0.5) is 11.4 Å². The molecule has 2 heterocycles. The van der Waals surface area contributed by atoms with Gasteiger partial charge in [-0.05, 0) is 63.0 Å². The van der Waals surface area contributed by atoms with Crippen molar-refractivity contribution in [3.8, 4) is 0 Å². The molecule has 2 aromatic carbocycles. The Labute approximate surface area is 213 Å². The number of nitrogens with zero attached hydrogens (tertiary/aromatic N) is 2. The van der Waals surface area contributed by atoms with Crippen molar-refractivity contribution in [3.05, 3.63) is 69.1 Å². The van der Waals surface area contributed by atoms with Gasteiger partial charge in [0.1, 0.15) is 0 Å². The van der Waals surface area contributed by atoms with Gasteiger partial charge in [-0.2, -0.15) is 0 Å². The normalized spacial score (nSPS) is 34.0. The molecule has 3 aliphatic carbocycles. The smallest absolute Gasteiger partial charge is 0.238 e. The minimum atomic E-state index is -0.945. The quantitative estimate of drug-likeness (QED) is 0.379. The molecule has 5 aliphatic rings. The van der Waals surface area contributed by atoms with Crippen LogP contribution in [0.15, 0.2) is 69.1 Å². The highest BCUT2D eigenvalue weighted by Crippen LogP contribution is 2.66. The highest BCUT2D eigenvalue weighted by Gasteiger charge is 2.74. The van der Waals surface area contributed by atoms with E-state index in [0.29, 0.717) is 20.3 Å². The Morgan fingerprint density at radius 3 is 1.50 bits per heavy atom. The summed E-state index contributed by atoms with van der Waals surface area (Å²) in [6.07, 6.45) is 1.98. The summed E-state index contributed by atoms with van der Waals surface area (Å²) in [5.74, 6) is -4.46. The lowest BCUT2D eigenvalue weighted by Gasteiger charge is -2.53. The average molecular weight is 584 g/mol. The summed E-state index contributed by atoms with van der Waals surface area (Å²) in [7, 11) is 0. The number of benzene rings is 2. The highest BCUT2D eigenvalue weighted by molar-refractivity contribution is 9.11. The molecule has 4 amide bonds. The Kier molecular flexibility index (Phi) is 4.65. The predicted molar refractivity (Wildman–Crippen MR) is 133 cm³/mol. The van der Waals surface area contributed by atoms with Crippen molar-refractivity contribution >= 4 is 66.9 Å². The van der Waals surface area contributed by atoms with Crippen molar-refractivity contribution in [2.75, 3.05) is 9.80 Å². The van der Waals surface area contributed by atoms with Crippen LogP contribution in [0.3, 0.4) is 0 Å². The molecule has 6 nitrogen and oxygen atoms in total. The number of anilines is 2. The zero-order chi connectivity index (χ0) is 24.1. The minimum Gasteiger partial charge on any atom is -0.274 e. The summed E-state index contributed by atoms with van der Waals surface area (Å²) in [4.78, 5) is 57.8. The topological polar surface area (TPSA) is 74.8 Å². The molecule has 0 spiro atoms. The van der Waals surface area contributed by atoms with Gasteiger partial charge in [0, 0.05) is 20.3 Å². The van der Waals surface area contributed by atoms with Gasteiger partial charge in [-0.15, -0.1) is 0 Å². The Morgan fingerprint density at radius 1 is 0.676 bits per heavy atom. The van der Waals surface area contributed by atoms with Gasteiger partial charge in [0.2, 0.25) is 23.6 Å². The van der Waals surface area contributed by atoms with Crippen LogP contribution in [0, 0.1) is 35.0 Å². The van der Waals surface area contributed by atoms with E-state index in [1.54, 1.807) is 36.4 Å². The first-order valence-corrected chi connectivity index (χ1v) is 12.7. The number of imide groups is 2. The lowest BCUT2D eigenvalue weighted by atomic mass is 9.46. The molecule has 6 atom stereocenters. The molecule has 0 aromatic heterocycles. The zero-order valence-corrected chi connectivity index (χ0v) is 21.5. The van der Waals surface area contributed by atoms with E-state index < -0.39 is 35.0 Å². The second kappa shape index (κ2) is 7.21. The molecule has 2 unspecified atom stereocenters. The fourth-order valence-corrected chi connectivity index (χ4v) is 7.83. The first-order valence-electron chi connectivity index (χ1n) is 11.1. The molecular weight excluding hydrogens is 564 g/mol. The molecule has 2 bridgehead atoms. The van der Waals surface area contributed by atoms with E-state index in [-0.39, 0.29) is 23.6 Å². The molecule has 8 heteroatoms. The van der Waals surface area contributed by atoms with Gasteiger partial charge >= 0.3 is 0 Å². The second-order valence-electron chi connectivity index (χ2n) is 9.71. The standard InChI is InChI=1S/C26H20Br2N2O4/c1-12-11-26(2)20-18(22(31)29(24(20)33)15-9-5-3-7-13(15)27)17(12)19-21(26)25(34)30(23(19)32)16-10-6-4-8-14(16)28/h3-11,17-21H,1-2H3/t17?,18-,19+,20-,21-,26?/m0/s1. The molecule has 34 heavy (non-hydrogen) atoms.